The summed E-state index contributed by atoms with van der Waals surface area (Å²) in [7, 11) is 0. The van der Waals surface area contributed by atoms with E-state index in [9.17, 15) is 19.5 Å². The fourth-order valence-electron chi connectivity index (χ4n) is 7.71. The highest BCUT2D eigenvalue weighted by Gasteiger charge is 2.74. The van der Waals surface area contributed by atoms with E-state index in [0.29, 0.717) is 29.1 Å². The van der Waals surface area contributed by atoms with Gasteiger partial charge in [-0.2, -0.15) is 0 Å². The number of allylic oxidation sites excluding steroid dienone is 1. The Balaban J connectivity index is 1.48. The molecule has 1 spiro atoms. The summed E-state index contributed by atoms with van der Waals surface area (Å²) in [5.74, 6) is -3.82. The smallest absolute Gasteiger partial charge is 0.313 e. The number of likely N-dealkylation sites (tertiary alicyclic amines) is 1. The van der Waals surface area contributed by atoms with Crippen LogP contribution in [0.15, 0.2) is 78.9 Å². The molecule has 2 fully saturated rings. The first kappa shape index (κ1) is 33.9. The van der Waals surface area contributed by atoms with E-state index in [2.05, 4.69) is 5.32 Å². The van der Waals surface area contributed by atoms with Crippen molar-refractivity contribution < 1.29 is 33.8 Å². The van der Waals surface area contributed by atoms with E-state index in [-0.39, 0.29) is 31.4 Å². The minimum Gasteiger partial charge on any atom is -0.455 e. The van der Waals surface area contributed by atoms with Crippen LogP contribution in [0.4, 0.5) is 5.69 Å². The number of carbonyl (C=O) groups excluding carboxylic acids is 4. The molecule has 4 aliphatic rings. The number of fused-ring (bicyclic) bond motifs is 2. The lowest BCUT2D eigenvalue weighted by Crippen LogP contribution is -2.59. The van der Waals surface area contributed by atoms with Crippen molar-refractivity contribution in [3.8, 4) is 0 Å². The van der Waals surface area contributed by atoms with Gasteiger partial charge in [0, 0.05) is 13.0 Å². The number of para-hydroxylation sites is 1. The maximum atomic E-state index is 15.0. The van der Waals surface area contributed by atoms with E-state index < -0.39 is 65.6 Å². The van der Waals surface area contributed by atoms with Crippen molar-refractivity contribution in [3.05, 3.63) is 89.5 Å². The van der Waals surface area contributed by atoms with E-state index in [1.54, 1.807) is 49.4 Å². The molecule has 4 heterocycles. The lowest BCUT2D eigenvalue weighted by Gasteiger charge is -2.39. The van der Waals surface area contributed by atoms with Crippen molar-refractivity contribution >= 4 is 41.0 Å². The van der Waals surface area contributed by atoms with Crippen LogP contribution in [0.2, 0.25) is 5.02 Å². The lowest BCUT2D eigenvalue weighted by molar-refractivity contribution is -0.161. The minimum absolute atomic E-state index is 0.0914. The molecule has 2 N–H and O–H groups in total. The second-order valence-corrected chi connectivity index (χ2v) is 13.9. The molecular weight excluding hydrogens is 634 g/mol. The number of rotatable bonds is 6. The summed E-state index contributed by atoms with van der Waals surface area (Å²) in [5, 5.41) is 14.0. The van der Waals surface area contributed by atoms with Gasteiger partial charge in [0.05, 0.1) is 41.4 Å². The fourth-order valence-corrected chi connectivity index (χ4v) is 7.95. The average molecular weight is 676 g/mol. The summed E-state index contributed by atoms with van der Waals surface area (Å²) in [5.41, 5.74) is -0.356. The van der Waals surface area contributed by atoms with E-state index in [4.69, 9.17) is 21.1 Å². The second-order valence-electron chi connectivity index (χ2n) is 13.4. The van der Waals surface area contributed by atoms with Gasteiger partial charge in [-0.25, -0.2) is 0 Å². The minimum atomic E-state index is -1.48. The van der Waals surface area contributed by atoms with Gasteiger partial charge in [0.15, 0.2) is 0 Å². The van der Waals surface area contributed by atoms with Crippen molar-refractivity contribution in [2.24, 2.45) is 17.8 Å². The number of halogens is 1. The number of aliphatic hydroxyl groups excluding tert-OH is 1. The van der Waals surface area contributed by atoms with E-state index in [0.717, 1.165) is 0 Å². The van der Waals surface area contributed by atoms with Crippen LogP contribution < -0.4 is 10.2 Å². The third-order valence-electron chi connectivity index (χ3n) is 9.78. The SMILES string of the molecule is CC(C)C[C@H](CO)N1C(=O)[C@@H]2[C@H]3C(=O)O[C@@H](c4ccccc4)[C@H](C)NC(=O)CC/C=C\CN(c4ccccc4Cl)C(=O)[C@@H]1[C@]21C=C[C@H]3O1. The summed E-state index contributed by atoms with van der Waals surface area (Å²) < 4.78 is 12.8. The van der Waals surface area contributed by atoms with Gasteiger partial charge in [0.2, 0.25) is 11.8 Å². The van der Waals surface area contributed by atoms with Crippen LogP contribution in [-0.4, -0.2) is 76.7 Å². The monoisotopic (exact) mass is 675 g/mol. The molecule has 0 radical (unpaired) electrons. The first-order valence-electron chi connectivity index (χ1n) is 16.6. The van der Waals surface area contributed by atoms with Crippen LogP contribution in [0.1, 0.15) is 51.7 Å². The summed E-state index contributed by atoms with van der Waals surface area (Å²) in [6.07, 6.45) is 6.45. The molecule has 2 saturated heterocycles. The molecule has 254 valence electrons. The Kier molecular flexibility index (Phi) is 9.79. The number of carbonyl (C=O) groups is 4. The molecule has 0 saturated carbocycles. The van der Waals surface area contributed by atoms with Gasteiger partial charge >= 0.3 is 5.97 Å². The highest BCUT2D eigenvalue weighted by molar-refractivity contribution is 6.34. The molecule has 0 aliphatic carbocycles. The summed E-state index contributed by atoms with van der Waals surface area (Å²) >= 11 is 6.65. The van der Waals surface area contributed by atoms with Gasteiger partial charge in [-0.15, -0.1) is 0 Å². The number of nitrogens with one attached hydrogen (secondary N) is 1. The van der Waals surface area contributed by atoms with Crippen LogP contribution in [-0.2, 0) is 28.7 Å². The Morgan fingerprint density at radius 2 is 1.75 bits per heavy atom. The number of nitrogens with zero attached hydrogens (tertiary/aromatic N) is 2. The molecule has 10 nitrogen and oxygen atoms in total. The Morgan fingerprint density at radius 1 is 1.02 bits per heavy atom. The molecule has 48 heavy (non-hydrogen) atoms. The average Bonchev–Trinajstić information content (AvgIpc) is 3.71. The fraction of sp³-hybridized carbons (Fsp3) is 0.459. The molecule has 2 aromatic carbocycles. The van der Waals surface area contributed by atoms with Crippen molar-refractivity contribution in [2.75, 3.05) is 18.1 Å². The number of cyclic esters (lactones) is 1. The highest BCUT2D eigenvalue weighted by Crippen LogP contribution is 2.56. The van der Waals surface area contributed by atoms with Crippen LogP contribution in [0.25, 0.3) is 0 Å². The Hall–Kier alpha value is -3.99. The normalized spacial score (nSPS) is 32.0. The molecule has 2 aromatic rings. The summed E-state index contributed by atoms with van der Waals surface area (Å²) in [4.78, 5) is 60.0. The van der Waals surface area contributed by atoms with Gasteiger partial charge in [0.1, 0.15) is 23.7 Å². The summed E-state index contributed by atoms with van der Waals surface area (Å²) in [6, 6.07) is 13.6. The molecular formula is C37H42ClN3O7. The maximum absolute atomic E-state index is 15.0. The molecule has 0 aromatic heterocycles. The van der Waals surface area contributed by atoms with Crippen LogP contribution in [0.3, 0.4) is 0 Å². The third kappa shape index (κ3) is 6.06. The topological polar surface area (TPSA) is 125 Å². The van der Waals surface area contributed by atoms with E-state index in [1.165, 1.54) is 9.80 Å². The quantitative estimate of drug-likeness (QED) is 0.344. The molecule has 4 aliphatic heterocycles. The number of aliphatic hydroxyl groups is 1. The predicted octanol–water partition coefficient (Wildman–Crippen LogP) is 4.37. The molecule has 3 amide bonds. The van der Waals surface area contributed by atoms with Crippen molar-refractivity contribution in [1.29, 1.82) is 0 Å². The van der Waals surface area contributed by atoms with Gasteiger partial charge in [-0.05, 0) is 43.4 Å². The van der Waals surface area contributed by atoms with Gasteiger partial charge in [0.25, 0.3) is 5.91 Å². The number of amides is 3. The summed E-state index contributed by atoms with van der Waals surface area (Å²) in [6.45, 7) is 5.47. The van der Waals surface area contributed by atoms with Crippen molar-refractivity contribution in [1.82, 2.24) is 10.2 Å². The Bertz CT molecular complexity index is 1610. The molecule has 0 unspecified atom stereocenters. The number of anilines is 1. The number of esters is 1. The number of hydrogen-bond acceptors (Lipinski definition) is 7. The third-order valence-corrected chi connectivity index (χ3v) is 10.1. The molecule has 8 atom stereocenters. The highest BCUT2D eigenvalue weighted by atomic mass is 35.5. The predicted molar refractivity (Wildman–Crippen MR) is 180 cm³/mol. The molecule has 11 heteroatoms. The van der Waals surface area contributed by atoms with Crippen LogP contribution >= 0.6 is 11.6 Å². The standard InChI is InChI=1S/C37H42ClN3O7/c1-22(2)20-25(21-42)41-33-35(45)40(27-15-10-9-14-26(27)38)19-11-5-8-16-29(43)39-23(3)32(24-12-6-4-7-13-24)47-36(46)30-28-17-18-37(33,48-28)31(30)34(41)44/h4-7,9-15,17-18,22-23,25,28,30-33,42H,8,16,19-21H2,1-3H3,(H,39,43)/b11-5-/t23-,25+,28+,30-,31-,32+,33+,37-/m0/s1. The van der Waals surface area contributed by atoms with Crippen molar-refractivity contribution in [2.45, 2.75) is 76.0 Å². The zero-order valence-electron chi connectivity index (χ0n) is 27.3. The number of hydrogen-bond donors (Lipinski definition) is 2. The first-order chi connectivity index (χ1) is 23.1. The van der Waals surface area contributed by atoms with Crippen molar-refractivity contribution in [3.63, 3.8) is 0 Å². The van der Waals surface area contributed by atoms with E-state index >= 15 is 4.79 Å². The van der Waals surface area contributed by atoms with Gasteiger partial charge in [-0.3, -0.25) is 19.2 Å². The molecule has 6 rings (SSSR count). The first-order valence-corrected chi connectivity index (χ1v) is 17.0. The largest absolute Gasteiger partial charge is 0.455 e. The number of ether oxygens (including phenoxy) is 2. The molecule has 5 bridgehead atoms. The Labute approximate surface area is 285 Å². The number of benzene rings is 2. The maximum Gasteiger partial charge on any atom is 0.313 e. The Morgan fingerprint density at radius 3 is 2.46 bits per heavy atom. The second kappa shape index (κ2) is 13.9. The van der Waals surface area contributed by atoms with Gasteiger partial charge in [-0.1, -0.05) is 92.2 Å². The van der Waals surface area contributed by atoms with Gasteiger partial charge < -0.3 is 29.7 Å². The van der Waals surface area contributed by atoms with Crippen LogP contribution in [0.5, 0.6) is 0 Å². The zero-order valence-corrected chi connectivity index (χ0v) is 28.1. The zero-order chi connectivity index (χ0) is 34.2. The van der Waals surface area contributed by atoms with Crippen LogP contribution in [0, 0.1) is 17.8 Å². The van der Waals surface area contributed by atoms with E-state index in [1.807, 2.05) is 50.3 Å². The lowest BCUT2D eigenvalue weighted by atomic mass is 9.74.